The lowest BCUT2D eigenvalue weighted by molar-refractivity contribution is 0.0651. The molecule has 2 aromatic carbocycles. The number of aryl methyl sites for hydroxylation is 1. The van der Waals surface area contributed by atoms with Crippen LogP contribution in [0.3, 0.4) is 0 Å². The van der Waals surface area contributed by atoms with Crippen LogP contribution in [0, 0.1) is 0 Å². The Bertz CT molecular complexity index is 937. The minimum atomic E-state index is -0.0427. The molecule has 29 heavy (non-hydrogen) atoms. The van der Waals surface area contributed by atoms with E-state index in [0.29, 0.717) is 36.8 Å². The topological polar surface area (TPSA) is 51.9 Å². The fraction of sp³-hybridized carbons (Fsp3) is 0.292. The predicted molar refractivity (Wildman–Crippen MR) is 110 cm³/mol. The molecule has 0 spiro atoms. The number of carbonyl (C=O) groups excluding carboxylic acids is 1. The summed E-state index contributed by atoms with van der Waals surface area (Å²) < 4.78 is 16.7. The van der Waals surface area contributed by atoms with E-state index in [1.165, 1.54) is 5.56 Å². The standard InChI is InChI=1S/C24H25NO4/c1-18(9-10-19-6-3-2-4-7-19)25(17-21-8-5-13-27-21)24(26)20-11-12-22-23(16-20)29-15-14-28-22/h2-8,11-13,16,18H,9-10,14-15,17H2,1H3/t18-/m0/s1. The van der Waals surface area contributed by atoms with E-state index in [9.17, 15) is 4.79 Å². The number of amides is 1. The summed E-state index contributed by atoms with van der Waals surface area (Å²) in [5.41, 5.74) is 1.86. The summed E-state index contributed by atoms with van der Waals surface area (Å²) in [6.07, 6.45) is 3.41. The predicted octanol–water partition coefficient (Wildman–Crippen LogP) is 4.71. The minimum absolute atomic E-state index is 0.0426. The molecule has 0 N–H and O–H groups in total. The molecule has 5 nitrogen and oxygen atoms in total. The molecular weight excluding hydrogens is 366 g/mol. The Morgan fingerprint density at radius 1 is 1.00 bits per heavy atom. The van der Waals surface area contributed by atoms with Crippen LogP contribution in [-0.2, 0) is 13.0 Å². The van der Waals surface area contributed by atoms with Crippen LogP contribution in [0.15, 0.2) is 71.3 Å². The molecule has 2 heterocycles. The smallest absolute Gasteiger partial charge is 0.254 e. The zero-order chi connectivity index (χ0) is 20.1. The van der Waals surface area contributed by atoms with Crippen LogP contribution in [-0.4, -0.2) is 30.1 Å². The van der Waals surface area contributed by atoms with Crippen molar-refractivity contribution in [2.24, 2.45) is 0 Å². The number of ether oxygens (including phenoxy) is 2. The van der Waals surface area contributed by atoms with Gasteiger partial charge in [0.25, 0.3) is 5.91 Å². The maximum Gasteiger partial charge on any atom is 0.254 e. The van der Waals surface area contributed by atoms with E-state index in [2.05, 4.69) is 19.1 Å². The van der Waals surface area contributed by atoms with Crippen molar-refractivity contribution in [2.75, 3.05) is 13.2 Å². The lowest BCUT2D eigenvalue weighted by Gasteiger charge is -2.29. The van der Waals surface area contributed by atoms with Gasteiger partial charge in [0.05, 0.1) is 12.8 Å². The number of benzene rings is 2. The van der Waals surface area contributed by atoms with Crippen molar-refractivity contribution in [2.45, 2.75) is 32.4 Å². The van der Waals surface area contributed by atoms with Crippen LogP contribution in [0.25, 0.3) is 0 Å². The van der Waals surface area contributed by atoms with Gasteiger partial charge in [-0.2, -0.15) is 0 Å². The molecule has 0 fully saturated rings. The fourth-order valence-electron chi connectivity index (χ4n) is 3.52. The third-order valence-electron chi connectivity index (χ3n) is 5.18. The molecule has 1 aromatic heterocycles. The van der Waals surface area contributed by atoms with E-state index in [-0.39, 0.29) is 11.9 Å². The van der Waals surface area contributed by atoms with Gasteiger partial charge in [-0.25, -0.2) is 0 Å². The molecular formula is C24H25NO4. The minimum Gasteiger partial charge on any atom is -0.486 e. The summed E-state index contributed by atoms with van der Waals surface area (Å²) in [5.74, 6) is 2.03. The van der Waals surface area contributed by atoms with Crippen molar-refractivity contribution in [1.82, 2.24) is 4.90 Å². The highest BCUT2D eigenvalue weighted by atomic mass is 16.6. The zero-order valence-electron chi connectivity index (χ0n) is 16.5. The fourth-order valence-corrected chi connectivity index (χ4v) is 3.52. The van der Waals surface area contributed by atoms with Crippen LogP contribution in [0.1, 0.15) is 35.0 Å². The SMILES string of the molecule is C[C@@H](CCc1ccccc1)N(Cc1ccco1)C(=O)c1ccc2c(c1)OCCO2. The first-order valence-electron chi connectivity index (χ1n) is 9.97. The second-order valence-corrected chi connectivity index (χ2v) is 7.24. The molecule has 0 unspecified atom stereocenters. The second kappa shape index (κ2) is 8.86. The Morgan fingerprint density at radius 3 is 2.55 bits per heavy atom. The summed E-state index contributed by atoms with van der Waals surface area (Å²) in [5, 5.41) is 0. The lowest BCUT2D eigenvalue weighted by atomic mass is 10.0. The van der Waals surface area contributed by atoms with Crippen LogP contribution in [0.5, 0.6) is 11.5 Å². The van der Waals surface area contributed by atoms with Gasteiger partial charge in [0.15, 0.2) is 11.5 Å². The number of furan rings is 1. The number of nitrogens with zero attached hydrogens (tertiary/aromatic N) is 1. The Morgan fingerprint density at radius 2 is 1.79 bits per heavy atom. The Labute approximate surface area is 170 Å². The van der Waals surface area contributed by atoms with Gasteiger partial charge in [0.1, 0.15) is 19.0 Å². The number of hydrogen-bond acceptors (Lipinski definition) is 4. The first kappa shape index (κ1) is 19.1. The van der Waals surface area contributed by atoms with Crippen molar-refractivity contribution >= 4 is 5.91 Å². The largest absolute Gasteiger partial charge is 0.486 e. The summed E-state index contributed by atoms with van der Waals surface area (Å²) in [7, 11) is 0. The molecule has 5 heteroatoms. The molecule has 0 aliphatic carbocycles. The van der Waals surface area contributed by atoms with E-state index in [0.717, 1.165) is 18.6 Å². The summed E-state index contributed by atoms with van der Waals surface area (Å²) in [4.78, 5) is 15.3. The van der Waals surface area contributed by atoms with E-state index >= 15 is 0 Å². The molecule has 1 aliphatic heterocycles. The number of hydrogen-bond donors (Lipinski definition) is 0. The molecule has 1 amide bonds. The van der Waals surface area contributed by atoms with Crippen molar-refractivity contribution in [3.63, 3.8) is 0 Å². The molecule has 0 saturated carbocycles. The van der Waals surface area contributed by atoms with Crippen LogP contribution in [0.2, 0.25) is 0 Å². The summed E-state index contributed by atoms with van der Waals surface area (Å²) in [6, 6.07) is 19.5. The van der Waals surface area contributed by atoms with Gasteiger partial charge >= 0.3 is 0 Å². The first-order valence-corrected chi connectivity index (χ1v) is 9.97. The van der Waals surface area contributed by atoms with Gasteiger partial charge < -0.3 is 18.8 Å². The van der Waals surface area contributed by atoms with E-state index in [1.54, 1.807) is 24.5 Å². The van der Waals surface area contributed by atoms with Crippen molar-refractivity contribution < 1.29 is 18.7 Å². The van der Waals surface area contributed by atoms with E-state index in [1.807, 2.05) is 35.2 Å². The van der Waals surface area contributed by atoms with Gasteiger partial charge in [-0.05, 0) is 55.7 Å². The molecule has 0 saturated heterocycles. The average Bonchev–Trinajstić information content (AvgIpc) is 3.29. The molecule has 150 valence electrons. The Balaban J connectivity index is 1.53. The van der Waals surface area contributed by atoms with Gasteiger partial charge in [-0.1, -0.05) is 30.3 Å². The van der Waals surface area contributed by atoms with Crippen molar-refractivity contribution in [3.8, 4) is 11.5 Å². The van der Waals surface area contributed by atoms with Crippen molar-refractivity contribution in [3.05, 3.63) is 83.8 Å². The highest BCUT2D eigenvalue weighted by Gasteiger charge is 2.24. The number of rotatable bonds is 7. The maximum absolute atomic E-state index is 13.4. The van der Waals surface area contributed by atoms with Gasteiger partial charge in [0.2, 0.25) is 0 Å². The second-order valence-electron chi connectivity index (χ2n) is 7.24. The lowest BCUT2D eigenvalue weighted by Crippen LogP contribution is -2.38. The monoisotopic (exact) mass is 391 g/mol. The third kappa shape index (κ3) is 4.62. The number of carbonyl (C=O) groups is 1. The van der Waals surface area contributed by atoms with E-state index < -0.39 is 0 Å². The van der Waals surface area contributed by atoms with E-state index in [4.69, 9.17) is 13.9 Å². The molecule has 1 aliphatic rings. The van der Waals surface area contributed by atoms with Crippen LogP contribution < -0.4 is 9.47 Å². The van der Waals surface area contributed by atoms with Gasteiger partial charge in [-0.15, -0.1) is 0 Å². The van der Waals surface area contributed by atoms with Crippen LogP contribution in [0.4, 0.5) is 0 Å². The quantitative estimate of drug-likeness (QED) is 0.585. The summed E-state index contributed by atoms with van der Waals surface area (Å²) in [6.45, 7) is 3.54. The molecule has 1 atom stereocenters. The van der Waals surface area contributed by atoms with Gasteiger partial charge in [0, 0.05) is 11.6 Å². The molecule has 0 bridgehead atoms. The molecule has 3 aromatic rings. The zero-order valence-corrected chi connectivity index (χ0v) is 16.5. The van der Waals surface area contributed by atoms with Crippen LogP contribution >= 0.6 is 0 Å². The molecule has 0 radical (unpaired) electrons. The normalized spacial score (nSPS) is 13.7. The maximum atomic E-state index is 13.4. The third-order valence-corrected chi connectivity index (χ3v) is 5.18. The highest BCUT2D eigenvalue weighted by molar-refractivity contribution is 5.95. The average molecular weight is 391 g/mol. The summed E-state index contributed by atoms with van der Waals surface area (Å²) >= 11 is 0. The first-order chi connectivity index (χ1) is 14.2. The van der Waals surface area contributed by atoms with Gasteiger partial charge in [-0.3, -0.25) is 4.79 Å². The number of fused-ring (bicyclic) bond motifs is 1. The van der Waals surface area contributed by atoms with Crippen molar-refractivity contribution in [1.29, 1.82) is 0 Å². The highest BCUT2D eigenvalue weighted by Crippen LogP contribution is 2.31. The Kier molecular flexibility index (Phi) is 5.84. The Hall–Kier alpha value is -3.21. The molecule has 4 rings (SSSR count).